The van der Waals surface area contributed by atoms with Crippen LogP contribution < -0.4 is 15.5 Å². The molecule has 1 unspecified atom stereocenters. The van der Waals surface area contributed by atoms with Crippen molar-refractivity contribution in [2.45, 2.75) is 13.0 Å². The third-order valence-electron chi connectivity index (χ3n) is 4.54. The van der Waals surface area contributed by atoms with E-state index in [1.165, 1.54) is 22.4 Å². The molecule has 10 nitrogen and oxygen atoms in total. The van der Waals surface area contributed by atoms with E-state index < -0.39 is 6.04 Å². The van der Waals surface area contributed by atoms with Crippen LogP contribution in [0.1, 0.15) is 17.8 Å². The second kappa shape index (κ2) is 7.76. The molecular weight excluding hydrogens is 402 g/mol. The molecule has 11 heteroatoms. The molecule has 1 amide bonds. The Balaban J connectivity index is 1.93. The van der Waals surface area contributed by atoms with E-state index in [1.807, 2.05) is 0 Å². The van der Waals surface area contributed by atoms with Crippen molar-refractivity contribution in [2.24, 2.45) is 5.73 Å². The molecule has 0 aromatic carbocycles. The highest BCUT2D eigenvalue weighted by Gasteiger charge is 2.38. The Morgan fingerprint density at radius 1 is 1.40 bits per heavy atom. The van der Waals surface area contributed by atoms with Crippen LogP contribution in [0, 0.1) is 17.3 Å². The lowest BCUT2D eigenvalue weighted by atomic mass is 10.1. The number of hydrogen-bond acceptors (Lipinski definition) is 9. The summed E-state index contributed by atoms with van der Waals surface area (Å²) >= 11 is 1.36. The normalized spacial score (nSPS) is 16.5. The maximum atomic E-state index is 12.9. The zero-order valence-corrected chi connectivity index (χ0v) is 16.9. The van der Waals surface area contributed by atoms with Crippen molar-refractivity contribution in [1.82, 2.24) is 25.1 Å². The molecule has 1 aliphatic rings. The predicted molar refractivity (Wildman–Crippen MR) is 115 cm³/mol. The molecule has 150 valence electrons. The number of allylic oxidation sites excluding steroid dienone is 1. The number of fused-ring (bicyclic) bond motifs is 1. The number of H-pyrrole nitrogens is 1. The topological polar surface area (TPSA) is 141 Å². The SMILES string of the molecule is CC#CC1C(=O)N(C)c2cnc(/C(C=N)=C(/N)c3nccs3)nc2N1c1cn[nH]c1. The van der Waals surface area contributed by atoms with Gasteiger partial charge in [-0.05, 0) is 6.92 Å². The van der Waals surface area contributed by atoms with Crippen molar-refractivity contribution in [3.8, 4) is 11.8 Å². The number of likely N-dealkylation sites (N-methyl/N-ethyl adjacent to an activating group) is 1. The van der Waals surface area contributed by atoms with Crippen molar-refractivity contribution < 1.29 is 4.79 Å². The van der Waals surface area contributed by atoms with Gasteiger partial charge in [-0.15, -0.1) is 17.3 Å². The maximum Gasteiger partial charge on any atom is 0.262 e. The Hall–Kier alpha value is -4.04. The monoisotopic (exact) mass is 419 g/mol. The van der Waals surface area contributed by atoms with Crippen molar-refractivity contribution in [3.05, 3.63) is 41.0 Å². The maximum absolute atomic E-state index is 12.9. The summed E-state index contributed by atoms with van der Waals surface area (Å²) in [5.74, 6) is 6.25. The lowest BCUT2D eigenvalue weighted by Crippen LogP contribution is -2.50. The summed E-state index contributed by atoms with van der Waals surface area (Å²) in [6.45, 7) is 1.67. The Bertz CT molecular complexity index is 1190. The first kappa shape index (κ1) is 19.3. The molecule has 4 heterocycles. The Morgan fingerprint density at radius 2 is 2.23 bits per heavy atom. The molecule has 0 fully saturated rings. The number of rotatable bonds is 4. The van der Waals surface area contributed by atoms with Gasteiger partial charge >= 0.3 is 0 Å². The molecule has 30 heavy (non-hydrogen) atoms. The first-order chi connectivity index (χ1) is 14.6. The smallest absolute Gasteiger partial charge is 0.262 e. The summed E-state index contributed by atoms with van der Waals surface area (Å²) < 4.78 is 0. The Morgan fingerprint density at radius 3 is 2.87 bits per heavy atom. The predicted octanol–water partition coefficient (Wildman–Crippen LogP) is 1.64. The average Bonchev–Trinajstić information content (AvgIpc) is 3.47. The molecule has 0 spiro atoms. The molecule has 3 aromatic heterocycles. The van der Waals surface area contributed by atoms with Gasteiger partial charge in [-0.25, -0.2) is 15.0 Å². The second-order valence-corrected chi connectivity index (χ2v) is 7.13. The van der Waals surface area contributed by atoms with Crippen LogP contribution in [0.3, 0.4) is 0 Å². The van der Waals surface area contributed by atoms with E-state index in [0.717, 1.165) is 6.21 Å². The fraction of sp³-hybridized carbons (Fsp3) is 0.158. The third-order valence-corrected chi connectivity index (χ3v) is 5.35. The van der Waals surface area contributed by atoms with Gasteiger partial charge in [0.1, 0.15) is 10.7 Å². The molecule has 4 rings (SSSR count). The second-order valence-electron chi connectivity index (χ2n) is 6.23. The summed E-state index contributed by atoms with van der Waals surface area (Å²) in [5.41, 5.74) is 8.01. The van der Waals surface area contributed by atoms with E-state index in [9.17, 15) is 4.79 Å². The summed E-state index contributed by atoms with van der Waals surface area (Å²) in [4.78, 5) is 29.3. The van der Waals surface area contributed by atoms with Crippen LogP contribution in [0.15, 0.2) is 30.2 Å². The molecule has 0 saturated heterocycles. The van der Waals surface area contributed by atoms with Gasteiger partial charge in [0, 0.05) is 31.0 Å². The first-order valence-electron chi connectivity index (χ1n) is 8.82. The Kier molecular flexibility index (Phi) is 4.99. The van der Waals surface area contributed by atoms with E-state index >= 15 is 0 Å². The van der Waals surface area contributed by atoms with Crippen LogP contribution >= 0.6 is 11.3 Å². The quantitative estimate of drug-likeness (QED) is 0.431. The zero-order chi connectivity index (χ0) is 21.3. The number of anilines is 3. The fourth-order valence-corrected chi connectivity index (χ4v) is 3.70. The molecule has 0 saturated carbocycles. The summed E-state index contributed by atoms with van der Waals surface area (Å²) in [7, 11) is 1.65. The van der Waals surface area contributed by atoms with Crippen LogP contribution in [0.5, 0.6) is 0 Å². The molecule has 3 aromatic rings. The summed E-state index contributed by atoms with van der Waals surface area (Å²) in [6.07, 6.45) is 7.52. The van der Waals surface area contributed by atoms with Gasteiger partial charge in [-0.2, -0.15) is 5.10 Å². The number of amides is 1. The Labute approximate surface area is 176 Å². The van der Waals surface area contributed by atoms with Gasteiger partial charge < -0.3 is 16.0 Å². The van der Waals surface area contributed by atoms with Crippen molar-refractivity contribution in [2.75, 3.05) is 16.8 Å². The number of aromatic nitrogens is 5. The highest BCUT2D eigenvalue weighted by atomic mass is 32.1. The van der Waals surface area contributed by atoms with Gasteiger partial charge in [0.05, 0.1) is 29.4 Å². The summed E-state index contributed by atoms with van der Waals surface area (Å²) in [5, 5.41) is 17.0. The lowest BCUT2D eigenvalue weighted by Gasteiger charge is -2.37. The number of aromatic amines is 1. The van der Waals surface area contributed by atoms with Crippen molar-refractivity contribution in [1.29, 1.82) is 5.41 Å². The van der Waals surface area contributed by atoms with Crippen molar-refractivity contribution >= 4 is 51.9 Å². The van der Waals surface area contributed by atoms with Gasteiger partial charge in [0.2, 0.25) is 0 Å². The molecule has 0 aliphatic carbocycles. The molecule has 1 aliphatic heterocycles. The molecular formula is C19H17N9OS. The minimum Gasteiger partial charge on any atom is -0.396 e. The highest BCUT2D eigenvalue weighted by Crippen LogP contribution is 2.38. The lowest BCUT2D eigenvalue weighted by molar-refractivity contribution is -0.118. The number of hydrogen-bond donors (Lipinski definition) is 3. The van der Waals surface area contributed by atoms with E-state index in [0.29, 0.717) is 33.5 Å². The fourth-order valence-electron chi connectivity index (χ4n) is 3.09. The van der Waals surface area contributed by atoms with Crippen LogP contribution in [-0.4, -0.2) is 50.4 Å². The van der Waals surface area contributed by atoms with E-state index in [-0.39, 0.29) is 11.7 Å². The average molecular weight is 419 g/mol. The van der Waals surface area contributed by atoms with Gasteiger partial charge in [0.15, 0.2) is 17.7 Å². The number of carbonyl (C=O) groups excluding carboxylic acids is 1. The number of carbonyl (C=O) groups is 1. The first-order valence-corrected chi connectivity index (χ1v) is 9.70. The highest BCUT2D eigenvalue weighted by molar-refractivity contribution is 7.10. The van der Waals surface area contributed by atoms with Crippen LogP contribution in [0.4, 0.5) is 17.2 Å². The van der Waals surface area contributed by atoms with Gasteiger partial charge in [0.25, 0.3) is 5.91 Å². The largest absolute Gasteiger partial charge is 0.396 e. The number of nitrogens with zero attached hydrogens (tertiary/aromatic N) is 6. The van der Waals surface area contributed by atoms with Gasteiger partial charge in [-0.3, -0.25) is 14.8 Å². The van der Waals surface area contributed by atoms with E-state index in [2.05, 4.69) is 37.0 Å². The molecule has 1 atom stereocenters. The van der Waals surface area contributed by atoms with Crippen LogP contribution in [0.2, 0.25) is 0 Å². The number of thiazole rings is 1. The van der Waals surface area contributed by atoms with Gasteiger partial charge in [-0.1, -0.05) is 5.92 Å². The number of nitrogens with two attached hydrogens (primary N) is 1. The minimum absolute atomic E-state index is 0.209. The van der Waals surface area contributed by atoms with Crippen LogP contribution in [0.25, 0.3) is 11.3 Å². The molecule has 4 N–H and O–H groups in total. The van der Waals surface area contributed by atoms with Crippen molar-refractivity contribution in [3.63, 3.8) is 0 Å². The molecule has 0 radical (unpaired) electrons. The molecule has 0 bridgehead atoms. The summed E-state index contributed by atoms with van der Waals surface area (Å²) in [6, 6.07) is -0.781. The number of nitrogens with one attached hydrogen (secondary N) is 2. The van der Waals surface area contributed by atoms with E-state index in [4.69, 9.17) is 11.1 Å². The zero-order valence-electron chi connectivity index (χ0n) is 16.1. The minimum atomic E-state index is -0.781. The standard InChI is InChI=1S/C19H17N9OS/c1-3-4-13-19(29)27(2)14-10-23-16(12(7-20)15(21)18-22-5-6-30-18)26-17(14)28(13)11-8-24-25-9-11/h5-10,13,20H,21H2,1-2H3,(H,24,25)/b15-12+,20-7?. The van der Waals surface area contributed by atoms with Crippen LogP contribution in [-0.2, 0) is 4.79 Å². The third kappa shape index (κ3) is 3.09. The van der Waals surface area contributed by atoms with E-state index in [1.54, 1.807) is 42.8 Å².